The molecule has 1 N–H and O–H groups in total. The lowest BCUT2D eigenvalue weighted by Crippen LogP contribution is -2.00. The van der Waals surface area contributed by atoms with Crippen LogP contribution in [0.1, 0.15) is 5.69 Å². The SMILES string of the molecule is Cc1nc2ccccc2nc1Nc1ccn(C)n1. The molecule has 0 fully saturated rings. The van der Waals surface area contributed by atoms with Crippen molar-refractivity contribution in [2.75, 3.05) is 5.32 Å². The van der Waals surface area contributed by atoms with Gasteiger partial charge in [-0.3, -0.25) is 4.68 Å². The summed E-state index contributed by atoms with van der Waals surface area (Å²) >= 11 is 0. The van der Waals surface area contributed by atoms with E-state index >= 15 is 0 Å². The molecule has 3 rings (SSSR count). The number of rotatable bonds is 2. The summed E-state index contributed by atoms with van der Waals surface area (Å²) in [4.78, 5) is 9.08. The molecular weight excluding hydrogens is 226 g/mol. The number of benzene rings is 1. The molecule has 0 aliphatic heterocycles. The Morgan fingerprint density at radius 2 is 1.78 bits per heavy atom. The molecule has 5 nitrogen and oxygen atoms in total. The summed E-state index contributed by atoms with van der Waals surface area (Å²) in [5.41, 5.74) is 2.64. The summed E-state index contributed by atoms with van der Waals surface area (Å²) in [7, 11) is 1.88. The molecule has 1 aromatic carbocycles. The van der Waals surface area contributed by atoms with Gasteiger partial charge in [0, 0.05) is 19.3 Å². The Labute approximate surface area is 104 Å². The van der Waals surface area contributed by atoms with Crippen LogP contribution in [-0.2, 0) is 7.05 Å². The zero-order chi connectivity index (χ0) is 12.5. The number of fused-ring (bicyclic) bond motifs is 1. The second kappa shape index (κ2) is 4.10. The van der Waals surface area contributed by atoms with Gasteiger partial charge in [-0.25, -0.2) is 9.97 Å². The Balaban J connectivity index is 2.03. The van der Waals surface area contributed by atoms with Crippen LogP contribution in [0.3, 0.4) is 0 Å². The zero-order valence-electron chi connectivity index (χ0n) is 10.3. The van der Waals surface area contributed by atoms with Crippen molar-refractivity contribution in [3.8, 4) is 0 Å². The van der Waals surface area contributed by atoms with Crippen LogP contribution in [0.25, 0.3) is 11.0 Å². The first-order chi connectivity index (χ1) is 8.72. The molecule has 0 spiro atoms. The van der Waals surface area contributed by atoms with Crippen molar-refractivity contribution in [1.29, 1.82) is 0 Å². The average molecular weight is 239 g/mol. The maximum atomic E-state index is 4.56. The monoisotopic (exact) mass is 239 g/mol. The number of anilines is 2. The van der Waals surface area contributed by atoms with E-state index in [1.807, 2.05) is 50.5 Å². The highest BCUT2D eigenvalue weighted by molar-refractivity contribution is 5.76. The van der Waals surface area contributed by atoms with Crippen molar-refractivity contribution in [2.24, 2.45) is 7.05 Å². The quantitative estimate of drug-likeness (QED) is 0.746. The smallest absolute Gasteiger partial charge is 0.153 e. The summed E-state index contributed by atoms with van der Waals surface area (Å²) in [5.74, 6) is 1.51. The van der Waals surface area contributed by atoms with Gasteiger partial charge in [-0.1, -0.05) is 12.1 Å². The van der Waals surface area contributed by atoms with Gasteiger partial charge in [0.2, 0.25) is 0 Å². The molecule has 2 aromatic heterocycles. The van der Waals surface area contributed by atoms with E-state index in [0.717, 1.165) is 28.4 Å². The molecule has 0 aliphatic carbocycles. The summed E-state index contributed by atoms with van der Waals surface area (Å²) in [6.45, 7) is 1.94. The van der Waals surface area contributed by atoms with Crippen LogP contribution >= 0.6 is 0 Å². The van der Waals surface area contributed by atoms with Crippen molar-refractivity contribution in [3.63, 3.8) is 0 Å². The highest BCUT2D eigenvalue weighted by Crippen LogP contribution is 2.18. The first-order valence-corrected chi connectivity index (χ1v) is 5.72. The van der Waals surface area contributed by atoms with Crippen LogP contribution in [0.2, 0.25) is 0 Å². The summed E-state index contributed by atoms with van der Waals surface area (Å²) in [6.07, 6.45) is 1.88. The van der Waals surface area contributed by atoms with Gasteiger partial charge in [0.1, 0.15) is 0 Å². The maximum absolute atomic E-state index is 4.56. The number of aryl methyl sites for hydroxylation is 2. The molecule has 0 aliphatic rings. The van der Waals surface area contributed by atoms with Gasteiger partial charge in [-0.2, -0.15) is 5.10 Å². The molecule has 90 valence electrons. The third kappa shape index (κ3) is 1.90. The highest BCUT2D eigenvalue weighted by Gasteiger charge is 2.06. The first-order valence-electron chi connectivity index (χ1n) is 5.72. The normalized spacial score (nSPS) is 10.8. The number of nitrogens with one attached hydrogen (secondary N) is 1. The van der Waals surface area contributed by atoms with Gasteiger partial charge in [-0.15, -0.1) is 0 Å². The van der Waals surface area contributed by atoms with E-state index in [1.54, 1.807) is 4.68 Å². The third-order valence-corrected chi connectivity index (χ3v) is 2.70. The summed E-state index contributed by atoms with van der Waals surface area (Å²) < 4.78 is 1.74. The minimum Gasteiger partial charge on any atom is -0.322 e. The molecular formula is C13H13N5. The predicted octanol–water partition coefficient (Wildman–Crippen LogP) is 2.42. The van der Waals surface area contributed by atoms with Crippen molar-refractivity contribution < 1.29 is 0 Å². The lowest BCUT2D eigenvalue weighted by molar-refractivity contribution is 0.771. The number of hydrogen-bond acceptors (Lipinski definition) is 4. The van der Waals surface area contributed by atoms with Gasteiger partial charge >= 0.3 is 0 Å². The molecule has 18 heavy (non-hydrogen) atoms. The molecule has 2 heterocycles. The van der Waals surface area contributed by atoms with Gasteiger partial charge in [0.05, 0.1) is 16.7 Å². The maximum Gasteiger partial charge on any atom is 0.153 e. The Hall–Kier alpha value is -2.43. The van der Waals surface area contributed by atoms with E-state index in [-0.39, 0.29) is 0 Å². The van der Waals surface area contributed by atoms with E-state index in [4.69, 9.17) is 0 Å². The van der Waals surface area contributed by atoms with Gasteiger partial charge in [0.15, 0.2) is 11.6 Å². The first kappa shape index (κ1) is 10.7. The van der Waals surface area contributed by atoms with E-state index in [1.165, 1.54) is 0 Å². The fourth-order valence-electron chi connectivity index (χ4n) is 1.81. The van der Waals surface area contributed by atoms with Gasteiger partial charge in [0.25, 0.3) is 0 Å². The molecule has 3 aromatic rings. The van der Waals surface area contributed by atoms with E-state index < -0.39 is 0 Å². The lowest BCUT2D eigenvalue weighted by Gasteiger charge is -2.06. The van der Waals surface area contributed by atoms with E-state index in [0.29, 0.717) is 0 Å². The van der Waals surface area contributed by atoms with Crippen molar-refractivity contribution in [1.82, 2.24) is 19.7 Å². The standard InChI is InChI=1S/C13H13N5/c1-9-13(16-12-7-8-18(2)17-12)15-11-6-4-3-5-10(11)14-9/h3-8H,1-2H3,(H,15,16,17). The number of aromatic nitrogens is 4. The molecule has 0 saturated heterocycles. The fraction of sp³-hybridized carbons (Fsp3) is 0.154. The second-order valence-corrected chi connectivity index (χ2v) is 4.15. The van der Waals surface area contributed by atoms with Crippen LogP contribution in [-0.4, -0.2) is 19.7 Å². The van der Waals surface area contributed by atoms with Crippen LogP contribution in [0, 0.1) is 6.92 Å². The number of hydrogen-bond donors (Lipinski definition) is 1. The lowest BCUT2D eigenvalue weighted by atomic mass is 10.3. The average Bonchev–Trinajstić information content (AvgIpc) is 2.76. The Morgan fingerprint density at radius 1 is 1.06 bits per heavy atom. The predicted molar refractivity (Wildman–Crippen MR) is 70.8 cm³/mol. The Bertz CT molecular complexity index is 701. The molecule has 0 unspecified atom stereocenters. The summed E-state index contributed by atoms with van der Waals surface area (Å²) in [5, 5.41) is 7.44. The molecule has 0 amide bonds. The second-order valence-electron chi connectivity index (χ2n) is 4.15. The molecule has 0 radical (unpaired) electrons. The minimum absolute atomic E-state index is 0.743. The van der Waals surface area contributed by atoms with Crippen molar-refractivity contribution in [2.45, 2.75) is 6.92 Å². The van der Waals surface area contributed by atoms with Crippen LogP contribution in [0.4, 0.5) is 11.6 Å². The topological polar surface area (TPSA) is 55.6 Å². The third-order valence-electron chi connectivity index (χ3n) is 2.70. The number of para-hydroxylation sites is 2. The van der Waals surface area contributed by atoms with Gasteiger partial charge < -0.3 is 5.32 Å². The molecule has 0 saturated carbocycles. The van der Waals surface area contributed by atoms with Crippen LogP contribution in [0.15, 0.2) is 36.5 Å². The largest absolute Gasteiger partial charge is 0.322 e. The number of nitrogens with zero attached hydrogens (tertiary/aromatic N) is 4. The van der Waals surface area contributed by atoms with E-state index in [2.05, 4.69) is 20.4 Å². The minimum atomic E-state index is 0.743. The molecule has 0 bridgehead atoms. The highest BCUT2D eigenvalue weighted by atomic mass is 15.3. The Morgan fingerprint density at radius 3 is 2.44 bits per heavy atom. The fourth-order valence-corrected chi connectivity index (χ4v) is 1.81. The zero-order valence-corrected chi connectivity index (χ0v) is 10.3. The van der Waals surface area contributed by atoms with Gasteiger partial charge in [-0.05, 0) is 19.1 Å². The van der Waals surface area contributed by atoms with E-state index in [9.17, 15) is 0 Å². The molecule has 5 heteroatoms. The van der Waals surface area contributed by atoms with Crippen molar-refractivity contribution >= 4 is 22.7 Å². The van der Waals surface area contributed by atoms with Crippen LogP contribution < -0.4 is 5.32 Å². The van der Waals surface area contributed by atoms with Crippen molar-refractivity contribution in [3.05, 3.63) is 42.2 Å². The van der Waals surface area contributed by atoms with Crippen LogP contribution in [0.5, 0.6) is 0 Å². The summed E-state index contributed by atoms with van der Waals surface area (Å²) in [6, 6.07) is 9.72. The molecule has 0 atom stereocenters. The Kier molecular flexibility index (Phi) is 2.44.